The molecule has 0 bridgehead atoms. The van der Waals surface area contributed by atoms with Crippen molar-refractivity contribution < 1.29 is 9.13 Å². The highest BCUT2D eigenvalue weighted by molar-refractivity contribution is 9.10. The lowest BCUT2D eigenvalue weighted by atomic mass is 9.86. The minimum absolute atomic E-state index is 0.271. The summed E-state index contributed by atoms with van der Waals surface area (Å²) in [5.74, 6) is 0.691. The molecule has 0 aliphatic heterocycles. The first-order valence-electron chi connectivity index (χ1n) is 9.45. The number of hydrogen-bond donors (Lipinski definition) is 1. The predicted molar refractivity (Wildman–Crippen MR) is 114 cm³/mol. The number of rotatable bonds is 4. The molecule has 0 unspecified atom stereocenters. The van der Waals surface area contributed by atoms with E-state index in [0.717, 1.165) is 58.1 Å². The number of anilines is 1. The van der Waals surface area contributed by atoms with Crippen molar-refractivity contribution in [3.8, 4) is 22.9 Å². The van der Waals surface area contributed by atoms with Gasteiger partial charge in [-0.15, -0.1) is 0 Å². The fraction of sp³-hybridized carbons (Fsp3) is 0.217. The molecule has 0 amide bonds. The van der Waals surface area contributed by atoms with Crippen molar-refractivity contribution >= 4 is 21.7 Å². The largest absolute Gasteiger partial charge is 0.488 e. The molecule has 1 heterocycles. The Morgan fingerprint density at radius 1 is 1.14 bits per heavy atom. The van der Waals surface area contributed by atoms with Gasteiger partial charge in [-0.2, -0.15) is 5.26 Å². The normalized spacial score (nSPS) is 12.9. The molecule has 0 atom stereocenters. The predicted octanol–water partition coefficient (Wildman–Crippen LogP) is 5.56. The summed E-state index contributed by atoms with van der Waals surface area (Å²) in [7, 11) is 0. The molecule has 2 N–H and O–H groups in total. The van der Waals surface area contributed by atoms with Crippen LogP contribution in [0.15, 0.2) is 46.9 Å². The fourth-order valence-electron chi connectivity index (χ4n) is 3.71. The van der Waals surface area contributed by atoms with E-state index in [4.69, 9.17) is 10.5 Å². The number of nitrogens with two attached hydrogens (primary N) is 1. The molecule has 1 aliphatic carbocycles. The number of benzene rings is 2. The van der Waals surface area contributed by atoms with Gasteiger partial charge < -0.3 is 10.5 Å². The maximum Gasteiger partial charge on any atom is 0.142 e. The van der Waals surface area contributed by atoms with Gasteiger partial charge in [-0.25, -0.2) is 9.37 Å². The number of hydrogen-bond acceptors (Lipinski definition) is 4. The van der Waals surface area contributed by atoms with Gasteiger partial charge in [0.2, 0.25) is 0 Å². The molecule has 1 aromatic heterocycles. The van der Waals surface area contributed by atoms with Crippen molar-refractivity contribution in [1.29, 1.82) is 5.26 Å². The van der Waals surface area contributed by atoms with Gasteiger partial charge >= 0.3 is 0 Å². The average molecular weight is 452 g/mol. The molecule has 6 heteroatoms. The summed E-state index contributed by atoms with van der Waals surface area (Å²) in [6.07, 6.45) is 3.95. The molecule has 0 saturated carbocycles. The molecule has 3 aromatic rings. The van der Waals surface area contributed by atoms with Crippen molar-refractivity contribution in [3.05, 3.63) is 75.1 Å². The number of aromatic nitrogens is 1. The van der Waals surface area contributed by atoms with E-state index in [9.17, 15) is 9.65 Å². The van der Waals surface area contributed by atoms with Crippen molar-refractivity contribution in [2.75, 3.05) is 5.73 Å². The number of nitrogens with zero attached hydrogens (tertiary/aromatic N) is 2. The molecule has 4 nitrogen and oxygen atoms in total. The van der Waals surface area contributed by atoms with Gasteiger partial charge in [0.1, 0.15) is 35.6 Å². The standard InChI is InChI=1S/C23H19BrFN3O/c24-19-11-15(7-10-21(19)29-13-14-5-8-16(25)9-6-14)22-17-3-1-2-4-20(17)28-23(27)18(22)12-26/h5-11H,1-4,13H2,(H2,27,28). The third kappa shape index (κ3) is 3.96. The van der Waals surface area contributed by atoms with Crippen LogP contribution in [0.2, 0.25) is 0 Å². The van der Waals surface area contributed by atoms with Crippen LogP contribution in [0.5, 0.6) is 5.75 Å². The first kappa shape index (κ1) is 19.4. The summed E-state index contributed by atoms with van der Waals surface area (Å²) in [6, 6.07) is 14.2. The van der Waals surface area contributed by atoms with E-state index in [2.05, 4.69) is 27.0 Å². The van der Waals surface area contributed by atoms with Crippen molar-refractivity contribution in [3.63, 3.8) is 0 Å². The second kappa shape index (κ2) is 8.22. The lowest BCUT2D eigenvalue weighted by molar-refractivity contribution is 0.304. The van der Waals surface area contributed by atoms with Crippen LogP contribution in [0, 0.1) is 17.1 Å². The molecule has 0 spiro atoms. The zero-order valence-corrected chi connectivity index (χ0v) is 17.3. The summed E-state index contributed by atoms with van der Waals surface area (Å²) in [4.78, 5) is 4.47. The second-order valence-corrected chi connectivity index (χ2v) is 7.91. The summed E-state index contributed by atoms with van der Waals surface area (Å²) in [5.41, 5.74) is 11.3. The van der Waals surface area contributed by atoms with Crippen LogP contribution in [-0.4, -0.2) is 4.98 Å². The van der Waals surface area contributed by atoms with E-state index in [1.807, 2.05) is 18.2 Å². The minimum atomic E-state index is -0.271. The Balaban J connectivity index is 1.67. The molecule has 0 fully saturated rings. The Kier molecular flexibility index (Phi) is 5.50. The van der Waals surface area contributed by atoms with Gasteiger partial charge in [-0.05, 0) is 82.6 Å². The zero-order chi connectivity index (χ0) is 20.4. The quantitative estimate of drug-likeness (QED) is 0.563. The van der Waals surface area contributed by atoms with E-state index in [0.29, 0.717) is 17.9 Å². The topological polar surface area (TPSA) is 71.9 Å². The summed E-state index contributed by atoms with van der Waals surface area (Å²) in [5, 5.41) is 9.68. The molecule has 0 radical (unpaired) electrons. The Hall–Kier alpha value is -2.91. The smallest absolute Gasteiger partial charge is 0.142 e. The SMILES string of the molecule is N#Cc1c(N)nc2c(c1-c1ccc(OCc3ccc(F)cc3)c(Br)c1)CCCC2. The third-order valence-corrected chi connectivity index (χ3v) is 5.76. The Bertz CT molecular complexity index is 1110. The molecule has 0 saturated heterocycles. The van der Waals surface area contributed by atoms with E-state index in [-0.39, 0.29) is 11.6 Å². The van der Waals surface area contributed by atoms with Gasteiger partial charge in [0, 0.05) is 11.3 Å². The van der Waals surface area contributed by atoms with Gasteiger partial charge in [0.15, 0.2) is 0 Å². The van der Waals surface area contributed by atoms with Crippen molar-refractivity contribution in [2.45, 2.75) is 32.3 Å². The number of nitrogen functional groups attached to an aromatic ring is 1. The lowest BCUT2D eigenvalue weighted by Crippen LogP contribution is -2.11. The number of pyridine rings is 1. The van der Waals surface area contributed by atoms with Gasteiger partial charge in [-0.3, -0.25) is 0 Å². The molecule has 1 aliphatic rings. The minimum Gasteiger partial charge on any atom is -0.488 e. The average Bonchev–Trinajstić information content (AvgIpc) is 2.73. The summed E-state index contributed by atoms with van der Waals surface area (Å²) >= 11 is 3.58. The monoisotopic (exact) mass is 451 g/mol. The number of nitriles is 1. The molecular weight excluding hydrogens is 433 g/mol. The van der Waals surface area contributed by atoms with Crippen LogP contribution in [0.3, 0.4) is 0 Å². The Labute approximate surface area is 177 Å². The molecular formula is C23H19BrFN3O. The second-order valence-electron chi connectivity index (χ2n) is 7.05. The number of halogens is 2. The first-order chi connectivity index (χ1) is 14.1. The highest BCUT2D eigenvalue weighted by Gasteiger charge is 2.22. The van der Waals surface area contributed by atoms with Gasteiger partial charge in [-0.1, -0.05) is 18.2 Å². The first-order valence-corrected chi connectivity index (χ1v) is 10.2. The third-order valence-electron chi connectivity index (χ3n) is 5.14. The van der Waals surface area contributed by atoms with E-state index < -0.39 is 0 Å². The fourth-order valence-corrected chi connectivity index (χ4v) is 4.20. The highest BCUT2D eigenvalue weighted by Crippen LogP contribution is 2.38. The number of aryl methyl sites for hydroxylation is 1. The van der Waals surface area contributed by atoms with Crippen LogP contribution in [0.1, 0.15) is 35.2 Å². The van der Waals surface area contributed by atoms with E-state index in [1.54, 1.807) is 12.1 Å². The van der Waals surface area contributed by atoms with Crippen LogP contribution in [-0.2, 0) is 19.4 Å². The Morgan fingerprint density at radius 2 is 1.90 bits per heavy atom. The number of fused-ring (bicyclic) bond motifs is 1. The van der Waals surface area contributed by atoms with Crippen LogP contribution < -0.4 is 10.5 Å². The zero-order valence-electron chi connectivity index (χ0n) is 15.7. The molecule has 29 heavy (non-hydrogen) atoms. The van der Waals surface area contributed by atoms with E-state index in [1.165, 1.54) is 12.1 Å². The lowest BCUT2D eigenvalue weighted by Gasteiger charge is -2.21. The molecule has 2 aromatic carbocycles. The van der Waals surface area contributed by atoms with Crippen LogP contribution in [0.4, 0.5) is 10.2 Å². The maximum atomic E-state index is 13.0. The van der Waals surface area contributed by atoms with Gasteiger partial charge in [0.05, 0.1) is 4.47 Å². The van der Waals surface area contributed by atoms with Gasteiger partial charge in [0.25, 0.3) is 0 Å². The van der Waals surface area contributed by atoms with E-state index >= 15 is 0 Å². The Morgan fingerprint density at radius 3 is 2.62 bits per heavy atom. The summed E-state index contributed by atoms with van der Waals surface area (Å²) in [6.45, 7) is 0.333. The van der Waals surface area contributed by atoms with Crippen LogP contribution in [0.25, 0.3) is 11.1 Å². The highest BCUT2D eigenvalue weighted by atomic mass is 79.9. The maximum absolute atomic E-state index is 13.0. The van der Waals surface area contributed by atoms with Crippen molar-refractivity contribution in [1.82, 2.24) is 4.98 Å². The van der Waals surface area contributed by atoms with Crippen molar-refractivity contribution in [2.24, 2.45) is 0 Å². The molecule has 4 rings (SSSR count). The summed E-state index contributed by atoms with van der Waals surface area (Å²) < 4.78 is 19.7. The molecule has 146 valence electrons. The van der Waals surface area contributed by atoms with Crippen LogP contribution >= 0.6 is 15.9 Å². The number of ether oxygens (including phenoxy) is 1.